The molecular weight excluding hydrogens is 394 g/mol. The Morgan fingerprint density at radius 3 is 2.00 bits per heavy atom. The van der Waals surface area contributed by atoms with E-state index >= 15 is 0 Å². The highest BCUT2D eigenvalue weighted by Crippen LogP contribution is 2.34. The van der Waals surface area contributed by atoms with Gasteiger partial charge in [-0.05, 0) is 52.7 Å². The van der Waals surface area contributed by atoms with Crippen LogP contribution in [-0.4, -0.2) is 15.1 Å². The zero-order valence-electron chi connectivity index (χ0n) is 17.6. The zero-order valence-corrected chi connectivity index (χ0v) is 17.6. The van der Waals surface area contributed by atoms with Gasteiger partial charge in [-0.2, -0.15) is 0 Å². The average molecular weight is 414 g/mol. The minimum absolute atomic E-state index is 0.556. The number of rotatable bonds is 4. The van der Waals surface area contributed by atoms with E-state index in [9.17, 15) is 0 Å². The molecule has 0 bridgehead atoms. The van der Waals surface area contributed by atoms with Gasteiger partial charge in [-0.25, -0.2) is 4.85 Å². The highest BCUT2D eigenvalue weighted by molar-refractivity contribution is 5.83. The second-order valence-corrected chi connectivity index (χ2v) is 7.53. The number of aromatic nitrogens is 4. The molecule has 32 heavy (non-hydrogen) atoms. The first kappa shape index (κ1) is 19.4. The van der Waals surface area contributed by atoms with Crippen molar-refractivity contribution < 1.29 is 4.68 Å². The highest BCUT2D eigenvalue weighted by atomic mass is 15.6. The van der Waals surface area contributed by atoms with E-state index in [1.54, 1.807) is 17.2 Å². The van der Waals surface area contributed by atoms with Crippen LogP contribution in [0.5, 0.6) is 0 Å². The molecule has 5 heteroatoms. The van der Waals surface area contributed by atoms with Crippen molar-refractivity contribution in [3.63, 3.8) is 0 Å². The fraction of sp³-hybridized carbons (Fsp3) is 0.0370. The van der Waals surface area contributed by atoms with Gasteiger partial charge in [0, 0.05) is 11.1 Å². The van der Waals surface area contributed by atoms with Gasteiger partial charge >= 0.3 is 0 Å². The van der Waals surface area contributed by atoms with Crippen LogP contribution in [0.15, 0.2) is 103 Å². The first-order valence-electron chi connectivity index (χ1n) is 10.3. The van der Waals surface area contributed by atoms with Gasteiger partial charge in [0.2, 0.25) is 0 Å². The monoisotopic (exact) mass is 414 g/mol. The van der Waals surface area contributed by atoms with E-state index in [1.165, 1.54) is 5.56 Å². The highest BCUT2D eigenvalue weighted by Gasteiger charge is 2.23. The van der Waals surface area contributed by atoms with Gasteiger partial charge < -0.3 is 0 Å². The lowest BCUT2D eigenvalue weighted by atomic mass is 9.93. The molecule has 4 aromatic carbocycles. The van der Waals surface area contributed by atoms with Crippen LogP contribution < -0.4 is 4.68 Å². The predicted molar refractivity (Wildman–Crippen MR) is 125 cm³/mol. The topological polar surface area (TPSA) is 39.0 Å². The minimum Gasteiger partial charge on any atom is -0.238 e. The number of aryl methyl sites for hydroxylation is 1. The molecule has 1 heterocycles. The molecular formula is C27H20N5+. The molecule has 0 saturated heterocycles. The number of tetrazole rings is 1. The molecule has 0 atom stereocenters. The number of benzene rings is 4. The normalized spacial score (nSPS) is 10.6. The zero-order chi connectivity index (χ0) is 21.9. The van der Waals surface area contributed by atoms with Gasteiger partial charge in [0.25, 0.3) is 6.33 Å². The molecule has 5 aromatic rings. The van der Waals surface area contributed by atoms with Crippen molar-refractivity contribution >= 4 is 5.69 Å². The quantitative estimate of drug-likeness (QED) is 0.278. The first-order valence-corrected chi connectivity index (χ1v) is 10.3. The lowest BCUT2D eigenvalue weighted by Crippen LogP contribution is -2.41. The number of hydrogen-bond acceptors (Lipinski definition) is 2. The van der Waals surface area contributed by atoms with Crippen LogP contribution in [-0.2, 0) is 0 Å². The lowest BCUT2D eigenvalue weighted by molar-refractivity contribution is -0.679. The molecule has 0 aliphatic carbocycles. The van der Waals surface area contributed by atoms with E-state index in [4.69, 9.17) is 6.57 Å². The van der Waals surface area contributed by atoms with Gasteiger partial charge in [-0.3, -0.25) is 0 Å². The molecule has 1 aromatic heterocycles. The smallest absolute Gasteiger partial charge is 0.238 e. The molecule has 152 valence electrons. The molecule has 0 saturated carbocycles. The SMILES string of the molecule is [C-]#[N+]c1cccc(-n2nnc[n+]2-c2c(-c3ccccc3)cc(C)cc2-c2ccccc2)c1. The third-order valence-corrected chi connectivity index (χ3v) is 5.34. The van der Waals surface area contributed by atoms with Crippen molar-refractivity contribution in [2.24, 2.45) is 0 Å². The molecule has 0 spiro atoms. The summed E-state index contributed by atoms with van der Waals surface area (Å²) in [7, 11) is 0. The predicted octanol–water partition coefficient (Wildman–Crippen LogP) is 5.74. The number of nitrogens with zero attached hydrogens (tertiary/aromatic N) is 5. The van der Waals surface area contributed by atoms with Crippen molar-refractivity contribution in [3.8, 4) is 33.6 Å². The van der Waals surface area contributed by atoms with Crippen LogP contribution in [0.25, 0.3) is 38.5 Å². The van der Waals surface area contributed by atoms with Gasteiger partial charge in [-0.1, -0.05) is 72.8 Å². The lowest BCUT2D eigenvalue weighted by Gasteiger charge is -2.16. The molecule has 0 radical (unpaired) electrons. The van der Waals surface area contributed by atoms with Crippen LogP contribution in [0.1, 0.15) is 5.56 Å². The van der Waals surface area contributed by atoms with Crippen molar-refractivity contribution in [3.05, 3.63) is 120 Å². The van der Waals surface area contributed by atoms with Gasteiger partial charge in [-0.15, -0.1) is 4.68 Å². The van der Waals surface area contributed by atoms with Crippen LogP contribution in [0, 0.1) is 13.5 Å². The second-order valence-electron chi connectivity index (χ2n) is 7.53. The van der Waals surface area contributed by atoms with Crippen LogP contribution in [0.2, 0.25) is 0 Å². The van der Waals surface area contributed by atoms with Crippen molar-refractivity contribution in [1.82, 2.24) is 15.1 Å². The first-order chi connectivity index (χ1) is 15.7. The summed E-state index contributed by atoms with van der Waals surface area (Å²) < 4.78 is 1.95. The van der Waals surface area contributed by atoms with E-state index in [2.05, 4.69) is 58.5 Å². The molecule has 0 aliphatic rings. The minimum atomic E-state index is 0.556. The van der Waals surface area contributed by atoms with Gasteiger partial charge in [0.05, 0.1) is 6.57 Å². The fourth-order valence-electron chi connectivity index (χ4n) is 3.93. The maximum absolute atomic E-state index is 7.37. The maximum atomic E-state index is 7.37. The largest absolute Gasteiger partial charge is 0.294 e. The summed E-state index contributed by atoms with van der Waals surface area (Å²) in [5.74, 6) is 0. The Morgan fingerprint density at radius 2 is 1.41 bits per heavy atom. The third kappa shape index (κ3) is 3.55. The molecule has 5 nitrogen and oxygen atoms in total. The van der Waals surface area contributed by atoms with Gasteiger partial charge in [0.15, 0.2) is 10.9 Å². The van der Waals surface area contributed by atoms with Crippen LogP contribution in [0.3, 0.4) is 0 Å². The Kier molecular flexibility index (Phi) is 5.03. The molecule has 0 amide bonds. The van der Waals surface area contributed by atoms with E-state index in [1.807, 2.05) is 59.3 Å². The maximum Gasteiger partial charge on any atom is 0.294 e. The molecule has 0 fully saturated rings. The van der Waals surface area contributed by atoms with Crippen molar-refractivity contribution in [2.45, 2.75) is 6.92 Å². The van der Waals surface area contributed by atoms with Crippen molar-refractivity contribution in [2.75, 3.05) is 0 Å². The molecule has 0 aliphatic heterocycles. The van der Waals surface area contributed by atoms with Crippen molar-refractivity contribution in [1.29, 1.82) is 0 Å². The van der Waals surface area contributed by atoms with Gasteiger partial charge in [0.1, 0.15) is 16.5 Å². The second kappa shape index (κ2) is 8.29. The average Bonchev–Trinajstić information content (AvgIpc) is 3.34. The summed E-state index contributed by atoms with van der Waals surface area (Å²) in [4.78, 5) is 5.30. The standard InChI is InChI=1S/C27H20N5/c1-20-16-25(21-10-5-3-6-11-21)27(26(17-20)22-12-7-4-8-13-22)31-19-29-30-32(31)24-15-9-14-23(18-24)28-2/h3-19H,1H3/q+1. The molecule has 0 unspecified atom stereocenters. The fourth-order valence-corrected chi connectivity index (χ4v) is 3.93. The van der Waals surface area contributed by atoms with E-state index in [0.29, 0.717) is 5.69 Å². The Bertz CT molecular complexity index is 1370. The summed E-state index contributed by atoms with van der Waals surface area (Å²) in [6, 6.07) is 32.4. The van der Waals surface area contributed by atoms with E-state index < -0.39 is 0 Å². The Hall–Kier alpha value is -4.56. The summed E-state index contributed by atoms with van der Waals surface area (Å²) >= 11 is 0. The molecule has 5 rings (SSSR count). The number of hydrogen-bond donors (Lipinski definition) is 0. The van der Waals surface area contributed by atoms with Crippen LogP contribution in [0.4, 0.5) is 5.69 Å². The summed E-state index contributed by atoms with van der Waals surface area (Å²) in [5, 5.41) is 8.58. The summed E-state index contributed by atoms with van der Waals surface area (Å²) in [6.45, 7) is 9.49. The third-order valence-electron chi connectivity index (χ3n) is 5.34. The Balaban J connectivity index is 1.83. The molecule has 0 N–H and O–H groups in total. The Labute approximate surface area is 186 Å². The summed E-state index contributed by atoms with van der Waals surface area (Å²) in [5.41, 5.74) is 7.86. The van der Waals surface area contributed by atoms with E-state index in [-0.39, 0.29) is 0 Å². The van der Waals surface area contributed by atoms with Crippen LogP contribution >= 0.6 is 0 Å². The summed E-state index contributed by atoms with van der Waals surface area (Å²) in [6.07, 6.45) is 1.72. The Morgan fingerprint density at radius 1 is 0.781 bits per heavy atom. The van der Waals surface area contributed by atoms with E-state index in [0.717, 1.165) is 33.6 Å².